The second-order valence-corrected chi connectivity index (χ2v) is 8.69. The van der Waals surface area contributed by atoms with Crippen molar-refractivity contribution in [2.24, 2.45) is 0 Å². The highest BCUT2D eigenvalue weighted by Crippen LogP contribution is 2.36. The van der Waals surface area contributed by atoms with Gasteiger partial charge in [0.2, 0.25) is 0 Å². The molecule has 0 unspecified atom stereocenters. The van der Waals surface area contributed by atoms with Crippen LogP contribution in [0, 0.1) is 6.92 Å². The number of ether oxygens (including phenoxy) is 1. The van der Waals surface area contributed by atoms with E-state index in [1.54, 1.807) is 12.1 Å². The lowest BCUT2D eigenvalue weighted by Crippen LogP contribution is -2.41. The third-order valence-corrected chi connectivity index (χ3v) is 5.88. The molecule has 0 N–H and O–H groups in total. The van der Waals surface area contributed by atoms with Gasteiger partial charge in [0.1, 0.15) is 5.75 Å². The molecule has 0 aliphatic carbocycles. The van der Waals surface area contributed by atoms with E-state index in [1.807, 2.05) is 71.0 Å². The summed E-state index contributed by atoms with van der Waals surface area (Å²) in [6.07, 6.45) is 0. The van der Waals surface area contributed by atoms with Crippen LogP contribution in [0.3, 0.4) is 0 Å². The molecule has 4 nitrogen and oxygen atoms in total. The Labute approximate surface area is 165 Å². The Bertz CT molecular complexity index is 784. The van der Waals surface area contributed by atoms with Crippen LogP contribution < -0.4 is 10.2 Å². The van der Waals surface area contributed by atoms with Crippen molar-refractivity contribution in [2.75, 3.05) is 0 Å². The number of rotatable bonds is 4. The van der Waals surface area contributed by atoms with Crippen molar-refractivity contribution in [1.29, 1.82) is 0 Å². The van der Waals surface area contributed by atoms with E-state index >= 15 is 0 Å². The molecule has 3 rings (SSSR count). The molecule has 27 heavy (non-hydrogen) atoms. The lowest BCUT2D eigenvalue weighted by molar-refractivity contribution is 0.00578. The van der Waals surface area contributed by atoms with Gasteiger partial charge in [-0.3, -0.25) is 0 Å². The maximum absolute atomic E-state index is 12.0. The van der Waals surface area contributed by atoms with E-state index in [0.717, 1.165) is 28.4 Å². The Hall–Kier alpha value is -1.76. The van der Waals surface area contributed by atoms with Crippen LogP contribution >= 0.6 is 11.8 Å². The number of hydrogen-bond donors (Lipinski definition) is 0. The molecule has 2 aromatic rings. The second kappa shape index (κ2) is 7.70. The lowest BCUT2D eigenvalue weighted by atomic mass is 9.79. The molecule has 1 fully saturated rings. The van der Waals surface area contributed by atoms with Gasteiger partial charge in [-0.1, -0.05) is 42.0 Å². The summed E-state index contributed by atoms with van der Waals surface area (Å²) in [7, 11) is -0.372. The lowest BCUT2D eigenvalue weighted by Gasteiger charge is -2.32. The quantitative estimate of drug-likeness (QED) is 0.564. The number of thioether (sulfide) groups is 1. The zero-order chi connectivity index (χ0) is 19.7. The van der Waals surface area contributed by atoms with Crippen LogP contribution in [0.4, 0.5) is 4.79 Å². The van der Waals surface area contributed by atoms with Crippen LogP contribution in [-0.4, -0.2) is 23.6 Å². The molecule has 2 aromatic carbocycles. The molecule has 0 saturated carbocycles. The molecule has 0 spiro atoms. The van der Waals surface area contributed by atoms with Gasteiger partial charge < -0.3 is 14.0 Å². The van der Waals surface area contributed by atoms with E-state index in [2.05, 4.69) is 0 Å². The first kappa shape index (κ1) is 20.0. The first-order valence-electron chi connectivity index (χ1n) is 9.02. The maximum atomic E-state index is 12.0. The molecule has 0 amide bonds. The van der Waals surface area contributed by atoms with Gasteiger partial charge in [-0.05, 0) is 69.5 Å². The number of carbonyl (C=O) groups is 1. The fraction of sp³-hybridized carbons (Fsp3) is 0.381. The van der Waals surface area contributed by atoms with E-state index < -0.39 is 0 Å². The van der Waals surface area contributed by atoms with Crippen LogP contribution in [0.25, 0.3) is 0 Å². The monoisotopic (exact) mass is 384 g/mol. The Kier molecular flexibility index (Phi) is 5.70. The summed E-state index contributed by atoms with van der Waals surface area (Å²) in [6.45, 7) is 10.2. The molecule has 6 heteroatoms. The third-order valence-electron chi connectivity index (χ3n) is 5.08. The zero-order valence-electron chi connectivity index (χ0n) is 16.4. The smallest absolute Gasteiger partial charge is 0.418 e. The molecule has 142 valence electrons. The first-order chi connectivity index (χ1) is 12.7. The Morgan fingerprint density at radius 1 is 0.963 bits per heavy atom. The van der Waals surface area contributed by atoms with Gasteiger partial charge in [0, 0.05) is 5.75 Å². The highest BCUT2D eigenvalue weighted by molar-refractivity contribution is 8.12. The summed E-state index contributed by atoms with van der Waals surface area (Å²) in [6, 6.07) is 15.4. The molecule has 0 atom stereocenters. The summed E-state index contributed by atoms with van der Waals surface area (Å²) >= 11 is 1.14. The van der Waals surface area contributed by atoms with Gasteiger partial charge in [-0.2, -0.15) is 0 Å². The standard InChI is InChI=1S/C21H25BO4S/c1-15-6-12-18(13-7-15)24-19(23)27-14-16-8-10-17(11-9-16)22-25-20(2,3)21(4,5)26-22/h6-13H,14H2,1-5H3. The van der Waals surface area contributed by atoms with Crippen LogP contribution in [0.1, 0.15) is 38.8 Å². The van der Waals surface area contributed by atoms with E-state index in [-0.39, 0.29) is 23.6 Å². The van der Waals surface area contributed by atoms with E-state index in [9.17, 15) is 4.79 Å². The Morgan fingerprint density at radius 3 is 2.07 bits per heavy atom. The van der Waals surface area contributed by atoms with Crippen molar-refractivity contribution in [3.63, 3.8) is 0 Å². The number of carbonyl (C=O) groups excluding carboxylic acids is 1. The Balaban J connectivity index is 1.54. The molecular formula is C21H25BO4S. The first-order valence-corrected chi connectivity index (χ1v) is 10.0. The molecule has 1 saturated heterocycles. The van der Waals surface area contributed by atoms with Gasteiger partial charge in [-0.15, -0.1) is 0 Å². The van der Waals surface area contributed by atoms with Crippen molar-refractivity contribution in [1.82, 2.24) is 0 Å². The molecule has 0 aromatic heterocycles. The Morgan fingerprint density at radius 2 is 1.52 bits per heavy atom. The van der Waals surface area contributed by atoms with Gasteiger partial charge in [-0.25, -0.2) is 4.79 Å². The largest absolute Gasteiger partial charge is 0.494 e. The van der Waals surface area contributed by atoms with Gasteiger partial charge in [0.25, 0.3) is 0 Å². The second-order valence-electron chi connectivity index (χ2n) is 7.78. The molecule has 1 aliphatic heterocycles. The predicted octanol–water partition coefficient (Wildman–Crippen LogP) is 4.73. The zero-order valence-corrected chi connectivity index (χ0v) is 17.3. The van der Waals surface area contributed by atoms with Crippen LogP contribution in [0.5, 0.6) is 5.75 Å². The van der Waals surface area contributed by atoms with Gasteiger partial charge >= 0.3 is 12.4 Å². The summed E-state index contributed by atoms with van der Waals surface area (Å²) < 4.78 is 17.4. The third kappa shape index (κ3) is 4.75. The van der Waals surface area contributed by atoms with Crippen LogP contribution in [0.2, 0.25) is 0 Å². The minimum atomic E-state index is -0.372. The summed E-state index contributed by atoms with van der Waals surface area (Å²) in [4.78, 5) is 12.0. The van der Waals surface area contributed by atoms with Gasteiger partial charge in [0.15, 0.2) is 0 Å². The van der Waals surface area contributed by atoms with Crippen molar-refractivity contribution in [2.45, 2.75) is 51.6 Å². The summed E-state index contributed by atoms with van der Waals surface area (Å²) in [5, 5.41) is -0.311. The number of aryl methyl sites for hydroxylation is 1. The average molecular weight is 384 g/mol. The molecule has 1 heterocycles. The van der Waals surface area contributed by atoms with E-state index in [4.69, 9.17) is 14.0 Å². The molecule has 0 bridgehead atoms. The molecule has 0 radical (unpaired) electrons. The predicted molar refractivity (Wildman–Crippen MR) is 111 cm³/mol. The van der Waals surface area contributed by atoms with E-state index in [0.29, 0.717) is 11.5 Å². The maximum Gasteiger partial charge on any atom is 0.494 e. The highest BCUT2D eigenvalue weighted by Gasteiger charge is 2.51. The number of hydrogen-bond acceptors (Lipinski definition) is 5. The average Bonchev–Trinajstić information content (AvgIpc) is 2.83. The molecule has 1 aliphatic rings. The minimum absolute atomic E-state index is 0.311. The van der Waals surface area contributed by atoms with Crippen molar-refractivity contribution < 1.29 is 18.8 Å². The summed E-state index contributed by atoms with van der Waals surface area (Å²) in [5.74, 6) is 1.11. The normalized spacial score (nSPS) is 17.7. The highest BCUT2D eigenvalue weighted by atomic mass is 32.2. The number of benzene rings is 2. The fourth-order valence-corrected chi connectivity index (χ4v) is 3.26. The van der Waals surface area contributed by atoms with E-state index in [1.165, 1.54) is 0 Å². The topological polar surface area (TPSA) is 44.8 Å². The van der Waals surface area contributed by atoms with Crippen molar-refractivity contribution in [3.05, 3.63) is 59.7 Å². The molecular weight excluding hydrogens is 359 g/mol. The fourth-order valence-electron chi connectivity index (χ4n) is 2.62. The SMILES string of the molecule is Cc1ccc(OC(=O)SCc2ccc(B3OC(C)(C)C(C)(C)O3)cc2)cc1. The summed E-state index contributed by atoms with van der Waals surface area (Å²) in [5.41, 5.74) is 2.44. The van der Waals surface area contributed by atoms with Crippen LogP contribution in [-0.2, 0) is 15.1 Å². The van der Waals surface area contributed by atoms with Crippen molar-refractivity contribution >= 4 is 29.6 Å². The van der Waals surface area contributed by atoms with Crippen LogP contribution in [0.15, 0.2) is 48.5 Å². The van der Waals surface area contributed by atoms with Crippen molar-refractivity contribution in [3.8, 4) is 5.75 Å². The minimum Gasteiger partial charge on any atom is -0.418 e. The van der Waals surface area contributed by atoms with Gasteiger partial charge in [0.05, 0.1) is 11.2 Å².